The summed E-state index contributed by atoms with van der Waals surface area (Å²) >= 11 is 0. The Balaban J connectivity index is 1.95. The van der Waals surface area contributed by atoms with E-state index < -0.39 is 22.8 Å². The van der Waals surface area contributed by atoms with Crippen LogP contribution in [0.5, 0.6) is 11.6 Å². The van der Waals surface area contributed by atoms with Gasteiger partial charge in [-0.1, -0.05) is 44.7 Å². The van der Waals surface area contributed by atoms with Crippen molar-refractivity contribution in [1.82, 2.24) is 14.3 Å². The summed E-state index contributed by atoms with van der Waals surface area (Å²) in [7, 11) is 1.51. The summed E-state index contributed by atoms with van der Waals surface area (Å²) in [5, 5.41) is 3.99. The zero-order valence-electron chi connectivity index (χ0n) is 21.0. The molecule has 34 heavy (non-hydrogen) atoms. The van der Waals surface area contributed by atoms with E-state index in [4.69, 9.17) is 14.2 Å². The monoisotopic (exact) mass is 475 g/mol. The van der Waals surface area contributed by atoms with Gasteiger partial charge in [-0.25, -0.2) is 14.3 Å². The van der Waals surface area contributed by atoms with Crippen LogP contribution in [0.1, 0.15) is 65.4 Å². The SMILES string of the molecule is CCCCCCCn1c(=O)c(OCCc2ccc(OC(C)(C)C(=O)OCC)cc2)nn(C)c1=O. The third kappa shape index (κ3) is 7.74. The van der Waals surface area contributed by atoms with Crippen LogP contribution in [0, 0.1) is 0 Å². The Morgan fingerprint density at radius 2 is 1.71 bits per heavy atom. The first-order valence-corrected chi connectivity index (χ1v) is 12.0. The lowest BCUT2D eigenvalue weighted by Crippen LogP contribution is -2.41. The number of unbranched alkanes of at least 4 members (excludes halogenated alkanes) is 4. The molecule has 2 rings (SSSR count). The number of esters is 1. The molecule has 0 saturated carbocycles. The normalized spacial score (nSPS) is 11.3. The van der Waals surface area contributed by atoms with Crippen molar-refractivity contribution in [2.75, 3.05) is 13.2 Å². The van der Waals surface area contributed by atoms with Crippen LogP contribution in [0.3, 0.4) is 0 Å². The summed E-state index contributed by atoms with van der Waals surface area (Å²) in [6.07, 6.45) is 5.63. The van der Waals surface area contributed by atoms with Crippen LogP contribution in [0.2, 0.25) is 0 Å². The highest BCUT2D eigenvalue weighted by Gasteiger charge is 2.31. The fraction of sp³-hybridized carbons (Fsp3) is 0.600. The molecule has 0 aliphatic carbocycles. The van der Waals surface area contributed by atoms with E-state index in [0.717, 1.165) is 42.3 Å². The maximum Gasteiger partial charge on any atom is 0.349 e. The fourth-order valence-electron chi connectivity index (χ4n) is 3.39. The van der Waals surface area contributed by atoms with Gasteiger partial charge in [0.25, 0.3) is 5.88 Å². The van der Waals surface area contributed by atoms with Crippen molar-refractivity contribution in [2.45, 2.75) is 78.4 Å². The van der Waals surface area contributed by atoms with Crippen molar-refractivity contribution < 1.29 is 19.0 Å². The zero-order chi connectivity index (χ0) is 25.1. The minimum absolute atomic E-state index is 0.0770. The number of ether oxygens (including phenoxy) is 3. The third-order valence-corrected chi connectivity index (χ3v) is 5.35. The van der Waals surface area contributed by atoms with Crippen LogP contribution in [0.15, 0.2) is 33.9 Å². The van der Waals surface area contributed by atoms with Crippen molar-refractivity contribution in [3.05, 3.63) is 50.7 Å². The molecule has 2 aromatic rings. The molecule has 9 heteroatoms. The summed E-state index contributed by atoms with van der Waals surface area (Å²) in [4.78, 5) is 37.0. The fourth-order valence-corrected chi connectivity index (χ4v) is 3.39. The quantitative estimate of drug-likeness (QED) is 0.305. The molecule has 1 aromatic carbocycles. The van der Waals surface area contributed by atoms with E-state index in [9.17, 15) is 14.4 Å². The molecular weight excluding hydrogens is 438 g/mol. The van der Waals surface area contributed by atoms with Gasteiger partial charge in [-0.2, -0.15) is 0 Å². The lowest BCUT2D eigenvalue weighted by Gasteiger charge is -2.24. The molecule has 0 bridgehead atoms. The van der Waals surface area contributed by atoms with Crippen molar-refractivity contribution >= 4 is 5.97 Å². The molecule has 0 N–H and O–H groups in total. The Morgan fingerprint density at radius 1 is 1.03 bits per heavy atom. The van der Waals surface area contributed by atoms with Gasteiger partial charge in [-0.05, 0) is 44.9 Å². The van der Waals surface area contributed by atoms with Gasteiger partial charge in [-0.3, -0.25) is 9.36 Å². The molecule has 0 unspecified atom stereocenters. The van der Waals surface area contributed by atoms with Crippen LogP contribution in [-0.4, -0.2) is 39.1 Å². The molecule has 9 nitrogen and oxygen atoms in total. The maximum absolute atomic E-state index is 12.7. The molecule has 0 aliphatic heterocycles. The first kappa shape index (κ1) is 27.1. The number of carbonyl (C=O) groups is 1. The lowest BCUT2D eigenvalue weighted by atomic mass is 10.1. The number of aryl methyl sites for hydroxylation is 1. The van der Waals surface area contributed by atoms with Crippen molar-refractivity contribution in [3.8, 4) is 11.6 Å². The lowest BCUT2D eigenvalue weighted by molar-refractivity contribution is -0.158. The second kappa shape index (κ2) is 13.0. The Hall–Kier alpha value is -3.10. The van der Waals surface area contributed by atoms with Gasteiger partial charge < -0.3 is 14.2 Å². The molecule has 0 spiro atoms. The second-order valence-electron chi connectivity index (χ2n) is 8.66. The average molecular weight is 476 g/mol. The largest absolute Gasteiger partial charge is 0.476 e. The number of carbonyl (C=O) groups excluding carboxylic acids is 1. The van der Waals surface area contributed by atoms with Gasteiger partial charge >= 0.3 is 17.2 Å². The molecule has 0 amide bonds. The first-order valence-electron chi connectivity index (χ1n) is 12.0. The number of benzene rings is 1. The number of nitrogens with zero attached hydrogens (tertiary/aromatic N) is 3. The molecule has 0 radical (unpaired) electrons. The van der Waals surface area contributed by atoms with Crippen LogP contribution in [0.25, 0.3) is 0 Å². The Kier molecular flexibility index (Phi) is 10.3. The molecule has 0 fully saturated rings. The molecule has 188 valence electrons. The predicted octanol–water partition coefficient (Wildman–Crippen LogP) is 3.25. The van der Waals surface area contributed by atoms with Crippen molar-refractivity contribution in [1.29, 1.82) is 0 Å². The highest BCUT2D eigenvalue weighted by molar-refractivity contribution is 5.79. The van der Waals surface area contributed by atoms with E-state index in [1.807, 2.05) is 12.1 Å². The molecule has 1 aromatic heterocycles. The van der Waals surface area contributed by atoms with Gasteiger partial charge in [0.05, 0.1) is 13.2 Å². The summed E-state index contributed by atoms with van der Waals surface area (Å²) in [6, 6.07) is 7.27. The van der Waals surface area contributed by atoms with Crippen LogP contribution >= 0.6 is 0 Å². The van der Waals surface area contributed by atoms with Crippen LogP contribution in [0.4, 0.5) is 0 Å². The Bertz CT molecular complexity index is 1040. The Labute approximate surface area is 200 Å². The van der Waals surface area contributed by atoms with E-state index in [-0.39, 0.29) is 12.5 Å². The highest BCUT2D eigenvalue weighted by atomic mass is 16.6. The highest BCUT2D eigenvalue weighted by Crippen LogP contribution is 2.20. The summed E-state index contributed by atoms with van der Waals surface area (Å²) in [5.74, 6) is 0.0416. The van der Waals surface area contributed by atoms with E-state index in [2.05, 4.69) is 12.0 Å². The van der Waals surface area contributed by atoms with E-state index in [1.54, 1.807) is 32.9 Å². The maximum atomic E-state index is 12.7. The standard InChI is InChI=1S/C25H37N3O6/c1-6-8-9-10-11-17-28-22(29)21(26-27(5)24(28)31)33-18-16-19-12-14-20(15-13-19)34-25(3,4)23(30)32-7-2/h12-15H,6-11,16-18H2,1-5H3. The van der Waals surface area contributed by atoms with E-state index >= 15 is 0 Å². The number of rotatable bonds is 14. The molecule has 0 atom stereocenters. The molecule has 1 heterocycles. The van der Waals surface area contributed by atoms with Crippen molar-refractivity contribution in [3.63, 3.8) is 0 Å². The smallest absolute Gasteiger partial charge is 0.349 e. The second-order valence-corrected chi connectivity index (χ2v) is 8.66. The van der Waals surface area contributed by atoms with Gasteiger partial charge in [0.2, 0.25) is 0 Å². The van der Waals surface area contributed by atoms with Gasteiger partial charge in [0.1, 0.15) is 5.75 Å². The Morgan fingerprint density at radius 3 is 2.35 bits per heavy atom. The summed E-state index contributed by atoms with van der Waals surface area (Å²) in [5.41, 5.74) is -1.06. The summed E-state index contributed by atoms with van der Waals surface area (Å²) < 4.78 is 18.8. The number of aromatic nitrogens is 3. The minimum atomic E-state index is -1.09. The summed E-state index contributed by atoms with van der Waals surface area (Å²) in [6.45, 7) is 8.08. The molecular formula is C25H37N3O6. The first-order chi connectivity index (χ1) is 16.2. The zero-order valence-corrected chi connectivity index (χ0v) is 21.0. The van der Waals surface area contributed by atoms with E-state index in [0.29, 0.717) is 25.3 Å². The van der Waals surface area contributed by atoms with Gasteiger partial charge in [0.15, 0.2) is 5.60 Å². The molecule has 0 aliphatic rings. The molecule has 0 saturated heterocycles. The van der Waals surface area contributed by atoms with E-state index in [1.165, 1.54) is 11.6 Å². The van der Waals surface area contributed by atoms with Crippen LogP contribution < -0.4 is 20.7 Å². The number of hydrogen-bond acceptors (Lipinski definition) is 7. The van der Waals surface area contributed by atoms with Crippen molar-refractivity contribution in [2.24, 2.45) is 7.05 Å². The minimum Gasteiger partial charge on any atom is -0.476 e. The number of hydrogen-bond donors (Lipinski definition) is 0. The van der Waals surface area contributed by atoms with Gasteiger partial charge in [0, 0.05) is 20.0 Å². The van der Waals surface area contributed by atoms with Gasteiger partial charge in [-0.15, -0.1) is 5.10 Å². The topological polar surface area (TPSA) is 102 Å². The van der Waals surface area contributed by atoms with Crippen LogP contribution in [-0.2, 0) is 29.5 Å². The third-order valence-electron chi connectivity index (χ3n) is 5.35. The predicted molar refractivity (Wildman–Crippen MR) is 129 cm³/mol. The average Bonchev–Trinajstić information content (AvgIpc) is 2.80.